The van der Waals surface area contributed by atoms with Gasteiger partial charge in [-0.2, -0.15) is 0 Å². The number of halogens is 1. The van der Waals surface area contributed by atoms with Crippen LogP contribution in [0.3, 0.4) is 0 Å². The molecule has 9 nitrogen and oxygen atoms in total. The van der Waals surface area contributed by atoms with Gasteiger partial charge in [0.2, 0.25) is 8.41 Å². The highest BCUT2D eigenvalue weighted by molar-refractivity contribution is 6.72. The lowest BCUT2D eigenvalue weighted by molar-refractivity contribution is -0.0242. The highest BCUT2D eigenvalue weighted by Crippen LogP contribution is 2.48. The summed E-state index contributed by atoms with van der Waals surface area (Å²) in [6.07, 6.45) is 1.76. The molecule has 34 heavy (non-hydrogen) atoms. The first kappa shape index (κ1) is 24.6. The van der Waals surface area contributed by atoms with Crippen LogP contribution in [0.25, 0.3) is 0 Å². The normalized spacial score (nSPS) is 23.4. The van der Waals surface area contributed by atoms with Gasteiger partial charge in [-0.05, 0) is 37.7 Å². The number of amides is 1. The van der Waals surface area contributed by atoms with Crippen molar-refractivity contribution in [3.63, 3.8) is 0 Å². The molecule has 1 aromatic carbocycles. The van der Waals surface area contributed by atoms with E-state index in [1.165, 1.54) is 0 Å². The molecular formula is C23H33FN4O5Si. The van der Waals surface area contributed by atoms with E-state index in [0.29, 0.717) is 44.0 Å². The lowest BCUT2D eigenvalue weighted by Crippen LogP contribution is -2.46. The largest absolute Gasteiger partial charge is 0.490 e. The summed E-state index contributed by atoms with van der Waals surface area (Å²) in [5, 5.41) is 17.3. The number of aliphatic hydroxyl groups is 1. The number of carbonyl (C=O) groups excluding carboxylic acids is 1. The molecule has 1 unspecified atom stereocenters. The Morgan fingerprint density at radius 2 is 2.18 bits per heavy atom. The molecule has 1 fully saturated rings. The summed E-state index contributed by atoms with van der Waals surface area (Å²) in [5.74, 6) is 0.548. The zero-order chi connectivity index (χ0) is 24.5. The topological polar surface area (TPSA) is 98.9 Å². The van der Waals surface area contributed by atoms with Crippen LogP contribution in [0.5, 0.6) is 5.75 Å². The molecule has 186 valence electrons. The number of anilines is 1. The van der Waals surface area contributed by atoms with Crippen molar-refractivity contribution in [2.24, 2.45) is 5.92 Å². The summed E-state index contributed by atoms with van der Waals surface area (Å²) in [4.78, 5) is 13.6. The Morgan fingerprint density at radius 1 is 1.38 bits per heavy atom. The Labute approximate surface area is 200 Å². The molecule has 11 heteroatoms. The molecule has 4 rings (SSSR count). The molecule has 4 atom stereocenters. The van der Waals surface area contributed by atoms with E-state index in [1.807, 2.05) is 25.1 Å². The van der Waals surface area contributed by atoms with E-state index in [0.717, 1.165) is 11.3 Å². The van der Waals surface area contributed by atoms with Crippen LogP contribution in [0.15, 0.2) is 24.4 Å². The van der Waals surface area contributed by atoms with Crippen LogP contribution >= 0.6 is 0 Å². The Bertz CT molecular complexity index is 1010. The van der Waals surface area contributed by atoms with Gasteiger partial charge in [-0.1, -0.05) is 12.1 Å². The molecular weight excluding hydrogens is 459 g/mol. The van der Waals surface area contributed by atoms with Crippen LogP contribution < -0.4 is 9.64 Å². The summed E-state index contributed by atoms with van der Waals surface area (Å²) >= 11 is 0. The minimum atomic E-state index is -3.13. The fourth-order valence-corrected chi connectivity index (χ4v) is 6.98. The number of cyclic esters (lactones) is 1. The van der Waals surface area contributed by atoms with E-state index in [1.54, 1.807) is 36.0 Å². The Hall–Kier alpha value is -2.50. The molecule has 0 saturated carbocycles. The van der Waals surface area contributed by atoms with E-state index in [-0.39, 0.29) is 36.4 Å². The quantitative estimate of drug-likeness (QED) is 0.423. The third-order valence-corrected chi connectivity index (χ3v) is 9.17. The Balaban J connectivity index is 1.57. The number of aryl methyl sites for hydroxylation is 1. The zero-order valence-electron chi connectivity index (χ0n) is 20.1. The molecule has 0 spiro atoms. The lowest BCUT2D eigenvalue weighted by atomic mass is 9.86. The number of hydrogen-bond acceptors (Lipinski definition) is 7. The maximum absolute atomic E-state index is 15.6. The van der Waals surface area contributed by atoms with Crippen molar-refractivity contribution in [2.45, 2.75) is 57.2 Å². The fraction of sp³-hybridized carbons (Fsp3) is 0.609. The predicted molar refractivity (Wildman–Crippen MR) is 126 cm³/mol. The maximum Gasteiger partial charge on any atom is 0.414 e. The van der Waals surface area contributed by atoms with Crippen molar-refractivity contribution >= 4 is 20.2 Å². The third-order valence-electron chi connectivity index (χ3n) is 6.79. The first-order valence-electron chi connectivity index (χ1n) is 11.7. The average molecular weight is 493 g/mol. The molecule has 0 radical (unpaired) electrons. The van der Waals surface area contributed by atoms with Crippen LogP contribution in [0, 0.1) is 5.92 Å². The van der Waals surface area contributed by atoms with Gasteiger partial charge in [-0.15, -0.1) is 5.10 Å². The SMILES string of the molecule is CO[C@@H]1c2cc(N3CCOC3=O)ccc2O[C@H](C(CCn2cc(CCO)nn2)[Si](C)(C)F)[C@H]1C. The molecule has 2 aliphatic heterocycles. The van der Waals surface area contributed by atoms with E-state index >= 15 is 4.11 Å². The summed E-state index contributed by atoms with van der Waals surface area (Å²) in [7, 11) is -1.49. The molecule has 1 aromatic heterocycles. The summed E-state index contributed by atoms with van der Waals surface area (Å²) in [6, 6.07) is 5.58. The maximum atomic E-state index is 15.6. The minimum absolute atomic E-state index is 0.0116. The second kappa shape index (κ2) is 10.0. The monoisotopic (exact) mass is 492 g/mol. The van der Waals surface area contributed by atoms with Crippen LogP contribution in [-0.4, -0.2) is 67.6 Å². The Morgan fingerprint density at radius 3 is 2.82 bits per heavy atom. The van der Waals surface area contributed by atoms with Crippen molar-refractivity contribution in [3.8, 4) is 5.75 Å². The first-order valence-corrected chi connectivity index (χ1v) is 14.6. The van der Waals surface area contributed by atoms with Crippen molar-refractivity contribution < 1.29 is 28.2 Å². The molecule has 2 aliphatic rings. The summed E-state index contributed by atoms with van der Waals surface area (Å²) in [5.41, 5.74) is 2.00. The predicted octanol–water partition coefficient (Wildman–Crippen LogP) is 3.49. The van der Waals surface area contributed by atoms with Crippen LogP contribution in [0.2, 0.25) is 18.6 Å². The van der Waals surface area contributed by atoms with Crippen LogP contribution in [0.4, 0.5) is 14.6 Å². The smallest absolute Gasteiger partial charge is 0.414 e. The van der Waals surface area contributed by atoms with E-state index in [4.69, 9.17) is 19.3 Å². The number of methoxy groups -OCH3 is 1. The van der Waals surface area contributed by atoms with Gasteiger partial charge in [0, 0.05) is 55.6 Å². The highest BCUT2D eigenvalue weighted by Gasteiger charge is 2.47. The van der Waals surface area contributed by atoms with Gasteiger partial charge in [0.25, 0.3) is 0 Å². The van der Waals surface area contributed by atoms with E-state index in [2.05, 4.69) is 10.3 Å². The van der Waals surface area contributed by atoms with Crippen LogP contribution in [0.1, 0.15) is 30.7 Å². The lowest BCUT2D eigenvalue weighted by Gasteiger charge is -2.43. The Kier molecular flexibility index (Phi) is 7.24. The molecule has 0 aliphatic carbocycles. The van der Waals surface area contributed by atoms with Crippen molar-refractivity contribution in [1.82, 2.24) is 15.0 Å². The fourth-order valence-electron chi connectivity index (χ4n) is 5.01. The number of nitrogens with zero attached hydrogens (tertiary/aromatic N) is 4. The molecule has 1 N–H and O–H groups in total. The number of rotatable bonds is 9. The van der Waals surface area contributed by atoms with Gasteiger partial charge in [-0.3, -0.25) is 9.58 Å². The number of carbonyl (C=O) groups is 1. The number of aromatic nitrogens is 3. The van der Waals surface area contributed by atoms with Gasteiger partial charge < -0.3 is 23.4 Å². The third kappa shape index (κ3) is 4.96. The van der Waals surface area contributed by atoms with Gasteiger partial charge in [0.05, 0.1) is 18.3 Å². The molecule has 2 aromatic rings. The first-order chi connectivity index (χ1) is 16.2. The second-order valence-electron chi connectivity index (χ2n) is 9.49. The minimum Gasteiger partial charge on any atom is -0.490 e. The van der Waals surface area contributed by atoms with E-state index in [9.17, 15) is 4.79 Å². The zero-order valence-corrected chi connectivity index (χ0v) is 21.1. The molecule has 1 saturated heterocycles. The summed E-state index contributed by atoms with van der Waals surface area (Å²) < 4.78 is 34.7. The number of ether oxygens (including phenoxy) is 3. The van der Waals surface area contributed by atoms with Crippen molar-refractivity contribution in [1.29, 1.82) is 0 Å². The van der Waals surface area contributed by atoms with Gasteiger partial charge >= 0.3 is 6.09 Å². The second-order valence-corrected chi connectivity index (χ2v) is 13.4. The average Bonchev–Trinajstić information content (AvgIpc) is 3.42. The van der Waals surface area contributed by atoms with Gasteiger partial charge in [0.15, 0.2) is 0 Å². The number of aliphatic hydroxyl groups excluding tert-OH is 1. The number of benzene rings is 1. The van der Waals surface area contributed by atoms with Crippen molar-refractivity contribution in [3.05, 3.63) is 35.7 Å². The molecule has 1 amide bonds. The standard InChI is InChI=1S/C23H33FN4O5Si/c1-15-21(31-2)18-13-17(28-10-12-32-23(28)30)5-6-19(18)33-22(15)20(34(3,4)24)7-9-27-14-16(8-11-29)25-26-27/h5-6,13-15,20-22,29H,7-12H2,1-4H3/t15-,20?,21-,22-/m0/s1. The van der Waals surface area contributed by atoms with Crippen LogP contribution in [-0.2, 0) is 22.4 Å². The van der Waals surface area contributed by atoms with Gasteiger partial charge in [-0.25, -0.2) is 4.79 Å². The van der Waals surface area contributed by atoms with E-state index < -0.39 is 8.41 Å². The highest BCUT2D eigenvalue weighted by atomic mass is 28.4. The summed E-state index contributed by atoms with van der Waals surface area (Å²) in [6.45, 7) is 6.84. The number of hydrogen-bond donors (Lipinski definition) is 1. The molecule has 0 bridgehead atoms. The molecule has 3 heterocycles. The van der Waals surface area contributed by atoms with Crippen molar-refractivity contribution in [2.75, 3.05) is 31.8 Å². The number of fused-ring (bicyclic) bond motifs is 1. The van der Waals surface area contributed by atoms with Gasteiger partial charge in [0.1, 0.15) is 18.5 Å².